The zero-order chi connectivity index (χ0) is 11.5. The maximum absolute atomic E-state index is 12.0. The van der Waals surface area contributed by atoms with Gasteiger partial charge in [-0.25, -0.2) is 0 Å². The molecule has 0 bridgehead atoms. The van der Waals surface area contributed by atoms with E-state index in [4.69, 9.17) is 5.11 Å². The first kappa shape index (κ1) is 11.9. The Bertz CT molecular complexity index is 255. The first-order valence-electron chi connectivity index (χ1n) is 6.35. The van der Waals surface area contributed by atoms with Crippen LogP contribution in [0.5, 0.6) is 0 Å². The summed E-state index contributed by atoms with van der Waals surface area (Å²) in [7, 11) is 1.88. The number of hydrogen-bond acceptors (Lipinski definition) is 3. The maximum Gasteiger partial charge on any atom is 0.239 e. The van der Waals surface area contributed by atoms with Crippen LogP contribution in [-0.2, 0) is 4.79 Å². The number of likely N-dealkylation sites (N-methyl/N-ethyl adjacent to an activating group) is 1. The lowest BCUT2D eigenvalue weighted by Crippen LogP contribution is -2.49. The van der Waals surface area contributed by atoms with Crippen molar-refractivity contribution < 1.29 is 9.90 Å². The summed E-state index contributed by atoms with van der Waals surface area (Å²) in [6.07, 6.45) is 5.33. The van der Waals surface area contributed by atoms with Crippen molar-refractivity contribution in [2.24, 2.45) is 0 Å². The van der Waals surface area contributed by atoms with E-state index in [-0.39, 0.29) is 18.6 Å². The van der Waals surface area contributed by atoms with Crippen LogP contribution >= 0.6 is 0 Å². The second-order valence-electron chi connectivity index (χ2n) is 4.96. The molecule has 1 amide bonds. The third-order valence-corrected chi connectivity index (χ3v) is 3.93. The number of piperidine rings is 1. The highest BCUT2D eigenvalue weighted by Crippen LogP contribution is 2.26. The minimum absolute atomic E-state index is 0.0850. The minimum Gasteiger partial charge on any atom is -0.396 e. The molecule has 0 aromatic heterocycles. The van der Waals surface area contributed by atoms with Gasteiger partial charge in [-0.2, -0.15) is 0 Å². The zero-order valence-corrected chi connectivity index (χ0v) is 10.1. The maximum atomic E-state index is 12.0. The highest BCUT2D eigenvalue weighted by atomic mass is 16.3. The van der Waals surface area contributed by atoms with Crippen LogP contribution in [0.3, 0.4) is 0 Å². The minimum atomic E-state index is 0.0850. The molecule has 0 spiro atoms. The lowest BCUT2D eigenvalue weighted by molar-refractivity contribution is -0.132. The fourth-order valence-electron chi connectivity index (χ4n) is 3.00. The van der Waals surface area contributed by atoms with E-state index < -0.39 is 0 Å². The third-order valence-electron chi connectivity index (χ3n) is 3.93. The van der Waals surface area contributed by atoms with Crippen molar-refractivity contribution in [2.45, 2.75) is 44.2 Å². The Labute approximate surface area is 97.2 Å². The van der Waals surface area contributed by atoms with E-state index in [1.807, 2.05) is 11.9 Å². The summed E-state index contributed by atoms with van der Waals surface area (Å²) < 4.78 is 0. The average molecular weight is 226 g/mol. The highest BCUT2D eigenvalue weighted by molar-refractivity contribution is 5.83. The van der Waals surface area contributed by atoms with Gasteiger partial charge in [0.25, 0.3) is 0 Å². The number of rotatable bonds is 3. The van der Waals surface area contributed by atoms with Gasteiger partial charge in [0.2, 0.25) is 5.91 Å². The second kappa shape index (κ2) is 5.15. The number of carbonyl (C=O) groups excluding carboxylic acids is 1. The van der Waals surface area contributed by atoms with Crippen LogP contribution in [0, 0.1) is 0 Å². The van der Waals surface area contributed by atoms with Crippen molar-refractivity contribution in [3.8, 4) is 0 Å². The van der Waals surface area contributed by atoms with Crippen molar-refractivity contribution in [3.05, 3.63) is 0 Å². The lowest BCUT2D eigenvalue weighted by atomic mass is 9.97. The van der Waals surface area contributed by atoms with Crippen molar-refractivity contribution in [1.29, 1.82) is 0 Å². The number of aliphatic hydroxyl groups excluding tert-OH is 1. The molecule has 0 saturated carbocycles. The fourth-order valence-corrected chi connectivity index (χ4v) is 3.00. The van der Waals surface area contributed by atoms with Crippen molar-refractivity contribution in [2.75, 3.05) is 26.7 Å². The van der Waals surface area contributed by atoms with E-state index in [0.717, 1.165) is 32.4 Å². The van der Waals surface area contributed by atoms with Gasteiger partial charge in [-0.1, -0.05) is 6.42 Å². The molecule has 0 unspecified atom stereocenters. The summed E-state index contributed by atoms with van der Waals surface area (Å²) in [5.74, 6) is 0.268. The Kier molecular flexibility index (Phi) is 3.82. The van der Waals surface area contributed by atoms with Crippen LogP contribution in [0.1, 0.15) is 32.1 Å². The molecule has 2 aliphatic heterocycles. The molecule has 0 aromatic rings. The number of carbonyl (C=O) groups is 1. The smallest absolute Gasteiger partial charge is 0.239 e. The van der Waals surface area contributed by atoms with E-state index in [1.54, 1.807) is 0 Å². The molecule has 0 aliphatic carbocycles. The summed E-state index contributed by atoms with van der Waals surface area (Å²) in [4.78, 5) is 16.1. The molecular formula is C12H22N2O2. The zero-order valence-electron chi connectivity index (χ0n) is 10.1. The van der Waals surface area contributed by atoms with E-state index in [9.17, 15) is 4.79 Å². The third kappa shape index (κ3) is 2.23. The van der Waals surface area contributed by atoms with E-state index in [2.05, 4.69) is 4.90 Å². The molecule has 2 heterocycles. The molecular weight excluding hydrogens is 204 g/mol. The Balaban J connectivity index is 2.02. The molecule has 16 heavy (non-hydrogen) atoms. The molecule has 0 radical (unpaired) electrons. The number of hydrogen-bond donors (Lipinski definition) is 1. The predicted molar refractivity (Wildman–Crippen MR) is 62.1 cm³/mol. The highest BCUT2D eigenvalue weighted by Gasteiger charge is 2.37. The molecule has 2 aliphatic rings. The first-order valence-corrected chi connectivity index (χ1v) is 6.35. The average Bonchev–Trinajstić information content (AvgIpc) is 2.61. The largest absolute Gasteiger partial charge is 0.396 e. The molecule has 92 valence electrons. The van der Waals surface area contributed by atoms with Gasteiger partial charge < -0.3 is 10.0 Å². The molecule has 2 fully saturated rings. The fraction of sp³-hybridized carbons (Fsp3) is 0.917. The van der Waals surface area contributed by atoms with Gasteiger partial charge in [0, 0.05) is 26.2 Å². The molecule has 4 nitrogen and oxygen atoms in total. The van der Waals surface area contributed by atoms with E-state index >= 15 is 0 Å². The molecule has 4 heteroatoms. The van der Waals surface area contributed by atoms with Crippen LogP contribution in [0.4, 0.5) is 0 Å². The number of aliphatic hydroxyl groups is 1. The topological polar surface area (TPSA) is 43.8 Å². The van der Waals surface area contributed by atoms with Crippen molar-refractivity contribution in [1.82, 2.24) is 9.80 Å². The Morgan fingerprint density at radius 1 is 1.31 bits per heavy atom. The molecule has 2 rings (SSSR count). The SMILES string of the molecule is CN1CC[C@@H](N2CCCC[C@H]2CCO)C1=O. The summed E-state index contributed by atoms with van der Waals surface area (Å²) in [5, 5.41) is 9.07. The molecule has 2 saturated heterocycles. The Morgan fingerprint density at radius 3 is 2.75 bits per heavy atom. The molecule has 0 aromatic carbocycles. The predicted octanol–water partition coefficient (Wildman–Crippen LogP) is 0.454. The van der Waals surface area contributed by atoms with Crippen molar-refractivity contribution >= 4 is 5.91 Å². The van der Waals surface area contributed by atoms with E-state index in [1.165, 1.54) is 12.8 Å². The quantitative estimate of drug-likeness (QED) is 0.760. The standard InChI is InChI=1S/C12H22N2O2/c1-13-8-5-11(12(13)16)14-7-3-2-4-10(14)6-9-15/h10-11,15H,2-9H2,1H3/t10-,11+/m0/s1. The summed E-state index contributed by atoms with van der Waals surface area (Å²) in [5.41, 5.74) is 0. The lowest BCUT2D eigenvalue weighted by Gasteiger charge is -2.38. The van der Waals surface area contributed by atoms with Gasteiger partial charge in [0.15, 0.2) is 0 Å². The van der Waals surface area contributed by atoms with Crippen LogP contribution in [-0.4, -0.2) is 59.6 Å². The first-order chi connectivity index (χ1) is 7.74. The Hall–Kier alpha value is -0.610. The van der Waals surface area contributed by atoms with Gasteiger partial charge in [-0.3, -0.25) is 9.69 Å². The van der Waals surface area contributed by atoms with Crippen LogP contribution in [0.15, 0.2) is 0 Å². The van der Waals surface area contributed by atoms with Gasteiger partial charge >= 0.3 is 0 Å². The monoisotopic (exact) mass is 226 g/mol. The molecule has 1 N–H and O–H groups in total. The normalized spacial score (nSPS) is 32.4. The van der Waals surface area contributed by atoms with Crippen LogP contribution < -0.4 is 0 Å². The number of likely N-dealkylation sites (tertiary alicyclic amines) is 2. The molecule has 2 atom stereocenters. The second-order valence-corrected chi connectivity index (χ2v) is 4.96. The summed E-state index contributed by atoms with van der Waals surface area (Å²) in [6.45, 7) is 2.14. The number of nitrogens with zero attached hydrogens (tertiary/aromatic N) is 2. The summed E-state index contributed by atoms with van der Waals surface area (Å²) >= 11 is 0. The number of amides is 1. The van der Waals surface area contributed by atoms with Crippen LogP contribution in [0.2, 0.25) is 0 Å². The Morgan fingerprint density at radius 2 is 2.12 bits per heavy atom. The van der Waals surface area contributed by atoms with E-state index in [0.29, 0.717) is 6.04 Å². The van der Waals surface area contributed by atoms with Gasteiger partial charge in [0.05, 0.1) is 6.04 Å². The van der Waals surface area contributed by atoms with Gasteiger partial charge in [-0.05, 0) is 32.2 Å². The summed E-state index contributed by atoms with van der Waals surface area (Å²) in [6, 6.07) is 0.501. The van der Waals surface area contributed by atoms with Crippen molar-refractivity contribution in [3.63, 3.8) is 0 Å². The van der Waals surface area contributed by atoms with Crippen LogP contribution in [0.25, 0.3) is 0 Å². The van der Waals surface area contributed by atoms with Gasteiger partial charge in [-0.15, -0.1) is 0 Å². The van der Waals surface area contributed by atoms with Gasteiger partial charge in [0.1, 0.15) is 0 Å².